The van der Waals surface area contributed by atoms with Crippen LogP contribution in [0.2, 0.25) is 5.02 Å². The molecule has 3 heterocycles. The van der Waals surface area contributed by atoms with E-state index in [1.807, 2.05) is 12.1 Å². The van der Waals surface area contributed by atoms with Crippen molar-refractivity contribution < 1.29 is 43.8 Å². The number of nitrogens with one attached hydrogen (secondary N) is 5. The van der Waals surface area contributed by atoms with E-state index in [0.717, 1.165) is 16.0 Å². The van der Waals surface area contributed by atoms with Gasteiger partial charge in [0.2, 0.25) is 35.4 Å². The lowest BCUT2D eigenvalue weighted by Gasteiger charge is -2.34. The lowest BCUT2D eigenvalue weighted by Crippen LogP contribution is -2.60. The van der Waals surface area contributed by atoms with Crippen molar-refractivity contribution in [3.05, 3.63) is 107 Å². The number of carbonyl (C=O) groups excluding carboxylic acids is 7. The van der Waals surface area contributed by atoms with Crippen LogP contribution in [0.25, 0.3) is 22.3 Å². The second-order valence-electron chi connectivity index (χ2n) is 17.7. The summed E-state index contributed by atoms with van der Waals surface area (Å²) in [5, 5.41) is 36.8. The van der Waals surface area contributed by atoms with Crippen LogP contribution in [0.5, 0.6) is 11.5 Å². The first-order valence-electron chi connectivity index (χ1n) is 22.8. The molecule has 18 heteroatoms. The smallest absolute Gasteiger partial charge is 0.251 e. The Bertz CT molecular complexity index is 2590. The third kappa shape index (κ3) is 10.4. The number of nitrogens with two attached hydrogens (primary N) is 1. The molecule has 4 aromatic rings. The van der Waals surface area contributed by atoms with E-state index in [4.69, 9.17) is 17.3 Å². The van der Waals surface area contributed by atoms with Gasteiger partial charge in [-0.05, 0) is 130 Å². The Hall–Kier alpha value is -6.98. The molecule has 358 valence electrons. The number of rotatable bonds is 12. The van der Waals surface area contributed by atoms with E-state index < -0.39 is 71.2 Å². The van der Waals surface area contributed by atoms with Gasteiger partial charge < -0.3 is 52.3 Å². The maximum atomic E-state index is 14.7. The summed E-state index contributed by atoms with van der Waals surface area (Å²) < 4.78 is 0. The predicted molar refractivity (Wildman–Crippen MR) is 254 cm³/mol. The molecule has 4 bridgehead atoms. The molecule has 0 radical (unpaired) electrons. The highest BCUT2D eigenvalue weighted by molar-refractivity contribution is 6.30. The second kappa shape index (κ2) is 20.9. The third-order valence-electron chi connectivity index (χ3n) is 13.1. The van der Waals surface area contributed by atoms with E-state index in [2.05, 4.69) is 26.6 Å². The zero-order valence-corrected chi connectivity index (χ0v) is 38.9. The van der Waals surface area contributed by atoms with Gasteiger partial charge in [-0.25, -0.2) is 0 Å². The summed E-state index contributed by atoms with van der Waals surface area (Å²) in [6.07, 6.45) is 2.64. The van der Waals surface area contributed by atoms with Gasteiger partial charge in [0.25, 0.3) is 5.91 Å². The van der Waals surface area contributed by atoms with E-state index in [-0.39, 0.29) is 52.5 Å². The van der Waals surface area contributed by atoms with Crippen molar-refractivity contribution >= 4 is 53.0 Å². The zero-order chi connectivity index (χ0) is 48.9. The van der Waals surface area contributed by atoms with Gasteiger partial charge in [-0.1, -0.05) is 48.0 Å². The fourth-order valence-corrected chi connectivity index (χ4v) is 9.43. The van der Waals surface area contributed by atoms with Crippen LogP contribution in [0, 0.1) is 0 Å². The molecule has 0 aromatic heterocycles. The molecule has 3 aliphatic rings. The number of hydrogen-bond acceptors (Lipinski definition) is 10. The summed E-state index contributed by atoms with van der Waals surface area (Å²) in [6.45, 7) is 4.04. The Morgan fingerprint density at radius 3 is 2.19 bits per heavy atom. The number of benzene rings is 4. The maximum absolute atomic E-state index is 14.7. The highest BCUT2D eigenvalue weighted by atomic mass is 35.5. The average molecular weight is 950 g/mol. The van der Waals surface area contributed by atoms with E-state index >= 15 is 0 Å². The zero-order valence-electron chi connectivity index (χ0n) is 38.1. The number of phenolic OH excluding ortho intramolecular Hbond substituents is 2. The Kier molecular flexibility index (Phi) is 15.0. The Morgan fingerprint density at radius 2 is 1.53 bits per heavy atom. The van der Waals surface area contributed by atoms with Gasteiger partial charge in [-0.2, -0.15) is 0 Å². The van der Waals surface area contributed by atoms with E-state index in [9.17, 15) is 43.8 Å². The van der Waals surface area contributed by atoms with E-state index in [0.29, 0.717) is 62.3 Å². The maximum Gasteiger partial charge on any atom is 0.251 e. The molecular weight excluding hydrogens is 892 g/mol. The highest BCUT2D eigenvalue weighted by Gasteiger charge is 2.52. The van der Waals surface area contributed by atoms with Crippen LogP contribution in [0.3, 0.4) is 0 Å². The van der Waals surface area contributed by atoms with Crippen LogP contribution in [-0.2, 0) is 35.2 Å². The predicted octanol–water partition coefficient (Wildman–Crippen LogP) is 3.44. The quantitative estimate of drug-likeness (QED) is 0.0961. The number of aromatic hydroxyl groups is 2. The Morgan fingerprint density at radius 1 is 0.868 bits per heavy atom. The summed E-state index contributed by atoms with van der Waals surface area (Å²) in [4.78, 5) is 100. The molecule has 2 fully saturated rings. The van der Waals surface area contributed by atoms with Gasteiger partial charge in [0, 0.05) is 48.3 Å². The summed E-state index contributed by atoms with van der Waals surface area (Å²) in [6, 6.07) is 16.5. The number of hydrogen-bond donors (Lipinski definition) is 8. The minimum absolute atomic E-state index is 0.0974. The first kappa shape index (κ1) is 48.9. The molecule has 17 nitrogen and oxygen atoms in total. The monoisotopic (exact) mass is 948 g/mol. The van der Waals surface area contributed by atoms with Gasteiger partial charge in [0.15, 0.2) is 0 Å². The largest absolute Gasteiger partial charge is 0.507 e. The fraction of sp³-hybridized carbons (Fsp3) is 0.380. The number of halogens is 1. The van der Waals surface area contributed by atoms with Crippen molar-refractivity contribution in [3.63, 3.8) is 0 Å². The molecule has 2 saturated heterocycles. The lowest BCUT2D eigenvalue weighted by atomic mass is 9.93. The van der Waals surface area contributed by atoms with Crippen molar-refractivity contribution in [1.29, 1.82) is 0 Å². The van der Waals surface area contributed by atoms with Crippen molar-refractivity contribution in [2.24, 2.45) is 5.73 Å². The first-order chi connectivity index (χ1) is 32.5. The average Bonchev–Trinajstić information content (AvgIpc) is 3.93. The summed E-state index contributed by atoms with van der Waals surface area (Å²) in [7, 11) is 1.39. The summed E-state index contributed by atoms with van der Waals surface area (Å²) in [5.74, 6) is -4.66. The number of likely N-dealkylation sites (N-methyl/N-ethyl adjacent to an activating group) is 1. The number of nitrogens with zero attached hydrogens (tertiary/aromatic N) is 2. The molecule has 7 rings (SSSR count). The molecular formula is C50H57ClN8O9. The topological polar surface area (TPSA) is 253 Å². The number of amides is 7. The molecule has 0 saturated carbocycles. The Balaban J connectivity index is 1.16. The highest BCUT2D eigenvalue weighted by Crippen LogP contribution is 2.39. The van der Waals surface area contributed by atoms with Crippen molar-refractivity contribution in [2.45, 2.75) is 94.5 Å². The van der Waals surface area contributed by atoms with Gasteiger partial charge in [0.1, 0.15) is 47.2 Å². The summed E-state index contributed by atoms with van der Waals surface area (Å²) in [5.41, 5.74) is 7.73. The summed E-state index contributed by atoms with van der Waals surface area (Å²) >= 11 is 6.06. The molecule has 68 heavy (non-hydrogen) atoms. The molecule has 0 aliphatic carbocycles. The number of phenols is 2. The molecule has 1 unspecified atom stereocenters. The first-order valence-corrected chi connectivity index (χ1v) is 23.2. The normalized spacial score (nSPS) is 21.2. The minimum Gasteiger partial charge on any atom is -0.507 e. The molecule has 7 amide bonds. The number of fused-ring (bicyclic) bond motifs is 5. The third-order valence-corrected chi connectivity index (χ3v) is 13.4. The van der Waals surface area contributed by atoms with Crippen molar-refractivity contribution in [1.82, 2.24) is 36.4 Å². The van der Waals surface area contributed by atoms with Crippen molar-refractivity contribution in [2.75, 3.05) is 26.7 Å². The van der Waals surface area contributed by atoms with Gasteiger partial charge in [-0.15, -0.1) is 0 Å². The lowest BCUT2D eigenvalue weighted by molar-refractivity contribution is -0.145. The number of unbranched alkanes of at least 4 members (excludes halogenated alkanes) is 1. The van der Waals surface area contributed by atoms with Crippen LogP contribution < -0.4 is 32.3 Å². The standard InChI is InChI=1S/C50H57ClN8O9/c1-28-43(62)57-39(45(64)55-29(2)47(66)59-24-6-20-50(59)21-23-53-49(50)68)26-30-8-18-40(60)36(25-30)37-27-34(15-19-41(37)61)42(46(65)54-28)58(3)48(67)38(7-4-5-22-52)56-44(63)33-11-9-31(10-12-33)32-13-16-35(51)17-14-32/h8-19,25,27-29,38-39,42,60-61H,4-7,20-24,26,52H2,1-3H3,(H,53,68)(H,54,65)(H,55,64)(H,56,63)(H,57,62)/t28-,29-,38-,39-,42-,50?/m0/s1. The van der Waals surface area contributed by atoms with Gasteiger partial charge in [-0.3, -0.25) is 33.6 Å². The van der Waals surface area contributed by atoms with Crippen LogP contribution in [0.4, 0.5) is 0 Å². The van der Waals surface area contributed by atoms with Crippen LogP contribution in [0.1, 0.15) is 79.9 Å². The second-order valence-corrected chi connectivity index (χ2v) is 18.2. The van der Waals surface area contributed by atoms with E-state index in [1.54, 1.807) is 42.5 Å². The molecule has 4 aromatic carbocycles. The van der Waals surface area contributed by atoms with Gasteiger partial charge in [0.05, 0.1) is 0 Å². The van der Waals surface area contributed by atoms with Crippen LogP contribution >= 0.6 is 11.6 Å². The minimum atomic E-state index is -1.46. The van der Waals surface area contributed by atoms with E-state index in [1.165, 1.54) is 56.1 Å². The van der Waals surface area contributed by atoms with Crippen LogP contribution in [0.15, 0.2) is 84.9 Å². The molecule has 1 spiro atoms. The molecule has 9 N–H and O–H groups in total. The van der Waals surface area contributed by atoms with Crippen LogP contribution in [-0.4, -0.2) is 118 Å². The fourth-order valence-electron chi connectivity index (χ4n) is 9.30. The number of carbonyl (C=O) groups is 7. The van der Waals surface area contributed by atoms with Gasteiger partial charge >= 0.3 is 0 Å². The number of likely N-dealkylation sites (tertiary alicyclic amines) is 1. The molecule has 6 atom stereocenters. The Labute approximate surface area is 399 Å². The SMILES string of the molecule is C[C@@H]1NC(=O)[C@@H](N(C)C(=O)[C@H](CCCCN)NC(=O)c2ccc(-c3ccc(Cl)cc3)cc2)c2ccc(O)c(c2)-c2cc(ccc2O)C[C@@H](C(=O)N[C@@H](C)C(=O)N2CCCC23CCNC3=O)NC1=O. The van der Waals surface area contributed by atoms with Crippen molar-refractivity contribution in [3.8, 4) is 33.8 Å². The molecule has 3 aliphatic heterocycles.